The van der Waals surface area contributed by atoms with Crippen molar-refractivity contribution in [3.05, 3.63) is 102 Å². The van der Waals surface area contributed by atoms with Crippen LogP contribution in [0.1, 0.15) is 55.8 Å². The third kappa shape index (κ3) is 11.2. The summed E-state index contributed by atoms with van der Waals surface area (Å²) in [4.78, 5) is 22.3. The summed E-state index contributed by atoms with van der Waals surface area (Å²) in [5.41, 5.74) is 1.92. The Labute approximate surface area is 247 Å². The average molecular weight is 659 g/mol. The van der Waals surface area contributed by atoms with Gasteiger partial charge in [0.05, 0.1) is 9.80 Å². The number of benzene rings is 2. The van der Waals surface area contributed by atoms with E-state index in [0.29, 0.717) is 22.1 Å². The number of halogens is 4. The molecular formula is C28H27BrF3NO5S2. The van der Waals surface area contributed by atoms with E-state index in [1.54, 1.807) is 6.92 Å². The highest BCUT2D eigenvalue weighted by Crippen LogP contribution is 2.35. The first kappa shape index (κ1) is 33.1. The van der Waals surface area contributed by atoms with E-state index in [1.807, 2.05) is 38.1 Å². The van der Waals surface area contributed by atoms with Crippen LogP contribution in [-0.2, 0) is 0 Å². The van der Waals surface area contributed by atoms with Gasteiger partial charge >= 0.3 is 11.4 Å². The fourth-order valence-electron chi connectivity index (χ4n) is 3.03. The summed E-state index contributed by atoms with van der Waals surface area (Å²) >= 11 is 5.83. The zero-order valence-corrected chi connectivity index (χ0v) is 25.3. The van der Waals surface area contributed by atoms with Gasteiger partial charge in [-0.25, -0.2) is 0 Å². The second-order valence-electron chi connectivity index (χ2n) is 8.04. The van der Waals surface area contributed by atoms with Crippen molar-refractivity contribution in [1.29, 1.82) is 0 Å². The SMILES string of the molecule is CC/C=C(\C)S/C(Oc1ccc(OC(F)(F)F)cc1)=C(\C)c1ccc(Br)cc1.CCC(=O)c1ccc([N+](=O)[O-])s1. The number of alkyl halides is 3. The van der Waals surface area contributed by atoms with Crippen LogP contribution >= 0.6 is 39.0 Å². The first-order valence-electron chi connectivity index (χ1n) is 11.9. The van der Waals surface area contributed by atoms with Crippen LogP contribution in [0.25, 0.3) is 5.57 Å². The molecule has 6 nitrogen and oxygen atoms in total. The molecule has 0 saturated carbocycles. The fraction of sp³-hybridized carbons (Fsp3) is 0.250. The van der Waals surface area contributed by atoms with Crippen LogP contribution in [0.5, 0.6) is 11.5 Å². The predicted molar refractivity (Wildman–Crippen MR) is 158 cm³/mol. The summed E-state index contributed by atoms with van der Waals surface area (Å²) in [6.45, 7) is 7.72. The number of thioether (sulfide) groups is 1. The molecule has 0 aliphatic rings. The molecule has 12 heteroatoms. The molecule has 0 unspecified atom stereocenters. The summed E-state index contributed by atoms with van der Waals surface area (Å²) < 4.78 is 47.8. The molecule has 0 fully saturated rings. The zero-order valence-electron chi connectivity index (χ0n) is 22.1. The molecule has 0 atom stereocenters. The second-order valence-corrected chi connectivity index (χ2v) is 11.2. The van der Waals surface area contributed by atoms with Crippen LogP contribution in [0.3, 0.4) is 0 Å². The standard InChI is InChI=1S/C21H20BrF3O2S.C7H7NO3S/c1-4-5-14(2)28-20(15(3)16-6-8-17(22)9-7-16)26-18-10-12-19(13-11-18)27-21(23,24)25;1-2-5(9)6-3-4-7(12-6)8(10)11/h5-13H,4H2,1-3H3;3-4H,2H2,1H3/b14-5+,20-15+;. The van der Waals surface area contributed by atoms with Crippen LogP contribution in [0, 0.1) is 10.1 Å². The molecule has 3 aromatic rings. The quantitative estimate of drug-likeness (QED) is 0.0934. The molecule has 0 amide bonds. The van der Waals surface area contributed by atoms with E-state index >= 15 is 0 Å². The minimum absolute atomic E-state index is 0.0202. The first-order valence-corrected chi connectivity index (χ1v) is 14.4. The number of carbonyl (C=O) groups excluding carboxylic acids is 1. The van der Waals surface area contributed by atoms with E-state index in [9.17, 15) is 28.1 Å². The minimum atomic E-state index is -4.72. The lowest BCUT2D eigenvalue weighted by Crippen LogP contribution is -2.16. The van der Waals surface area contributed by atoms with Gasteiger partial charge in [-0.1, -0.05) is 71.1 Å². The van der Waals surface area contributed by atoms with Gasteiger partial charge in [0.25, 0.3) is 0 Å². The van der Waals surface area contributed by atoms with Gasteiger partial charge in [-0.2, -0.15) is 0 Å². The second kappa shape index (κ2) is 15.6. The number of nitrogens with zero attached hydrogens (tertiary/aromatic N) is 1. The lowest BCUT2D eigenvalue weighted by molar-refractivity contribution is -0.380. The number of allylic oxidation sites excluding steroid dienone is 3. The van der Waals surface area contributed by atoms with Crippen LogP contribution < -0.4 is 9.47 Å². The van der Waals surface area contributed by atoms with Crippen LogP contribution in [-0.4, -0.2) is 17.1 Å². The predicted octanol–water partition coefficient (Wildman–Crippen LogP) is 10.4. The maximum absolute atomic E-state index is 12.3. The molecule has 0 radical (unpaired) electrons. The number of ether oxygens (including phenoxy) is 2. The van der Waals surface area contributed by atoms with Gasteiger partial charge in [0.2, 0.25) is 0 Å². The van der Waals surface area contributed by atoms with Gasteiger partial charge in [-0.05, 0) is 73.2 Å². The van der Waals surface area contributed by atoms with Gasteiger partial charge in [-0.15, -0.1) is 13.2 Å². The smallest absolute Gasteiger partial charge is 0.450 e. The molecule has 1 heterocycles. The van der Waals surface area contributed by atoms with Crippen LogP contribution in [0.4, 0.5) is 18.2 Å². The van der Waals surface area contributed by atoms with E-state index in [-0.39, 0.29) is 16.5 Å². The van der Waals surface area contributed by atoms with Crippen molar-refractivity contribution in [1.82, 2.24) is 0 Å². The van der Waals surface area contributed by atoms with Gasteiger partial charge in [0, 0.05) is 22.5 Å². The van der Waals surface area contributed by atoms with Crippen molar-refractivity contribution in [3.63, 3.8) is 0 Å². The summed E-state index contributed by atoms with van der Waals surface area (Å²) in [5, 5.41) is 10.9. The van der Waals surface area contributed by atoms with Gasteiger partial charge in [-0.3, -0.25) is 14.9 Å². The summed E-state index contributed by atoms with van der Waals surface area (Å²) in [5.74, 6) is 0.0932. The third-order valence-electron chi connectivity index (χ3n) is 4.96. The Hall–Kier alpha value is -3.09. The first-order chi connectivity index (χ1) is 18.8. The Morgan fingerprint density at radius 3 is 2.12 bits per heavy atom. The molecule has 0 saturated heterocycles. The van der Waals surface area contributed by atoms with E-state index in [0.717, 1.165) is 38.3 Å². The molecule has 0 aliphatic heterocycles. The summed E-state index contributed by atoms with van der Waals surface area (Å²) in [6.07, 6.45) is -1.35. The van der Waals surface area contributed by atoms with Gasteiger partial charge in [0.15, 0.2) is 10.9 Å². The van der Waals surface area contributed by atoms with Crippen LogP contribution in [0.15, 0.2) is 81.2 Å². The van der Waals surface area contributed by atoms with Crippen molar-refractivity contribution >= 4 is 55.4 Å². The highest BCUT2D eigenvalue weighted by Gasteiger charge is 2.31. The largest absolute Gasteiger partial charge is 0.573 e. The van der Waals surface area contributed by atoms with E-state index in [1.165, 1.54) is 48.2 Å². The molecule has 0 aliphatic carbocycles. The number of nitro groups is 1. The molecule has 214 valence electrons. The van der Waals surface area contributed by atoms with E-state index in [4.69, 9.17) is 4.74 Å². The van der Waals surface area contributed by atoms with E-state index in [2.05, 4.69) is 33.7 Å². The molecule has 3 rings (SSSR count). The lowest BCUT2D eigenvalue weighted by atomic mass is 10.1. The maximum Gasteiger partial charge on any atom is 0.573 e. The number of rotatable bonds is 10. The number of Topliss-reactive ketones (excluding diaryl/α,β-unsaturated/α-hetero) is 1. The Bertz CT molecular complexity index is 1350. The third-order valence-corrected chi connectivity index (χ3v) is 7.63. The maximum atomic E-state index is 12.3. The normalized spacial score (nSPS) is 12.2. The number of carbonyl (C=O) groups is 1. The Balaban J connectivity index is 0.000000389. The number of hydrogen-bond acceptors (Lipinski definition) is 7. The van der Waals surface area contributed by atoms with E-state index < -0.39 is 11.3 Å². The zero-order chi connectivity index (χ0) is 29.9. The molecule has 1 aromatic heterocycles. The monoisotopic (exact) mass is 657 g/mol. The molecule has 0 N–H and O–H groups in total. The fourth-order valence-corrected chi connectivity index (χ4v) is 5.08. The topological polar surface area (TPSA) is 78.7 Å². The Morgan fingerprint density at radius 1 is 1.02 bits per heavy atom. The Morgan fingerprint density at radius 2 is 1.62 bits per heavy atom. The lowest BCUT2D eigenvalue weighted by Gasteiger charge is -2.15. The van der Waals surface area contributed by atoms with Crippen molar-refractivity contribution in [2.24, 2.45) is 0 Å². The Kier molecular flexibility index (Phi) is 12.9. The molecular weight excluding hydrogens is 631 g/mol. The van der Waals surface area contributed by atoms with Gasteiger partial charge < -0.3 is 9.47 Å². The highest BCUT2D eigenvalue weighted by molar-refractivity contribution is 9.10. The minimum Gasteiger partial charge on any atom is -0.450 e. The number of thiophene rings is 1. The molecule has 0 spiro atoms. The summed E-state index contributed by atoms with van der Waals surface area (Å²) in [7, 11) is 0. The van der Waals surface area contributed by atoms with Crippen LogP contribution in [0.2, 0.25) is 0 Å². The average Bonchev–Trinajstić information content (AvgIpc) is 3.40. The highest BCUT2D eigenvalue weighted by atomic mass is 79.9. The van der Waals surface area contributed by atoms with Crippen molar-refractivity contribution in [2.75, 3.05) is 0 Å². The summed E-state index contributed by atoms with van der Waals surface area (Å²) in [6, 6.07) is 16.1. The molecule has 0 bridgehead atoms. The van der Waals surface area contributed by atoms with Crippen molar-refractivity contribution in [3.8, 4) is 11.5 Å². The van der Waals surface area contributed by atoms with Gasteiger partial charge in [0.1, 0.15) is 11.5 Å². The molecule has 2 aromatic carbocycles. The van der Waals surface area contributed by atoms with Crippen molar-refractivity contribution < 1.29 is 32.4 Å². The number of ketones is 1. The number of hydrogen-bond donors (Lipinski definition) is 0. The van der Waals surface area contributed by atoms with Crippen molar-refractivity contribution in [2.45, 2.75) is 46.9 Å². The molecule has 40 heavy (non-hydrogen) atoms.